The lowest BCUT2D eigenvalue weighted by molar-refractivity contribution is 0.487. The Morgan fingerprint density at radius 3 is 1.73 bits per heavy atom. The highest BCUT2D eigenvalue weighted by Crippen LogP contribution is 2.49. The average Bonchev–Trinajstić information content (AvgIpc) is 3.34. The van der Waals surface area contributed by atoms with Gasteiger partial charge in [-0.05, 0) is 132 Å². The van der Waals surface area contributed by atoms with E-state index in [1.807, 2.05) is 6.07 Å². The van der Waals surface area contributed by atoms with E-state index < -0.39 is 0 Å². The fourth-order valence-electron chi connectivity index (χ4n) is 9.50. The summed E-state index contributed by atoms with van der Waals surface area (Å²) in [6.45, 7) is 0. The number of hydrogen-bond donors (Lipinski definition) is 0. The molecule has 11 aromatic rings. The highest BCUT2D eigenvalue weighted by Gasteiger charge is 2.23. The van der Waals surface area contributed by atoms with E-state index in [1.54, 1.807) is 0 Å². The van der Waals surface area contributed by atoms with Gasteiger partial charge in [-0.2, -0.15) is 0 Å². The second-order valence-corrected chi connectivity index (χ2v) is 16.1. The van der Waals surface area contributed by atoms with E-state index in [2.05, 4.69) is 235 Å². The van der Waals surface area contributed by atoms with Crippen molar-refractivity contribution in [3.05, 3.63) is 237 Å². The number of rotatable bonds is 7. The fourth-order valence-corrected chi connectivity index (χ4v) is 9.50. The van der Waals surface area contributed by atoms with E-state index in [-0.39, 0.29) is 0 Å². The van der Waals surface area contributed by atoms with Crippen molar-refractivity contribution in [2.24, 2.45) is 0 Å². The maximum Gasteiger partial charge on any atom is 0.135 e. The summed E-state index contributed by atoms with van der Waals surface area (Å²) in [5, 5.41) is 7.24. The minimum absolute atomic E-state index is 0.886. The SMILES string of the molecule is c1ccc(-c2cccc3cccc(-c4ccccc4N(c4ccc(-c5ccc6ccccc6c5)cc4)c4cccc(-c5cc6c7c(cccc7c5)Oc5ccccc5-6)c4)c23)cc1. The Bertz CT molecular complexity index is 3490. The Morgan fingerprint density at radius 2 is 0.855 bits per heavy atom. The topological polar surface area (TPSA) is 12.5 Å². The number of nitrogens with zero attached hydrogens (tertiary/aromatic N) is 1. The number of anilines is 3. The van der Waals surface area contributed by atoms with E-state index in [1.165, 1.54) is 54.9 Å². The Hall–Kier alpha value is -8.20. The molecule has 0 aliphatic carbocycles. The zero-order valence-electron chi connectivity index (χ0n) is 33.9. The molecule has 0 bridgehead atoms. The molecule has 0 atom stereocenters. The van der Waals surface area contributed by atoms with Gasteiger partial charge in [0.05, 0.1) is 5.69 Å². The number of fused-ring (bicyclic) bond motifs is 4. The third kappa shape index (κ3) is 6.12. The van der Waals surface area contributed by atoms with E-state index in [0.29, 0.717) is 0 Å². The smallest absolute Gasteiger partial charge is 0.135 e. The van der Waals surface area contributed by atoms with Crippen molar-refractivity contribution in [2.45, 2.75) is 0 Å². The summed E-state index contributed by atoms with van der Waals surface area (Å²) in [7, 11) is 0. The highest BCUT2D eigenvalue weighted by molar-refractivity contribution is 6.09. The lowest BCUT2D eigenvalue weighted by atomic mass is 9.90. The van der Waals surface area contributed by atoms with Crippen molar-refractivity contribution in [1.29, 1.82) is 0 Å². The van der Waals surface area contributed by atoms with Crippen LogP contribution < -0.4 is 9.64 Å². The van der Waals surface area contributed by atoms with Crippen LogP contribution in [0, 0.1) is 0 Å². The molecule has 1 aliphatic rings. The van der Waals surface area contributed by atoms with E-state index in [9.17, 15) is 0 Å². The monoisotopic (exact) mass is 789 g/mol. The van der Waals surface area contributed by atoms with Gasteiger partial charge in [0.15, 0.2) is 0 Å². The molecule has 290 valence electrons. The van der Waals surface area contributed by atoms with Gasteiger partial charge in [-0.25, -0.2) is 0 Å². The second-order valence-electron chi connectivity index (χ2n) is 16.1. The first-order valence-corrected chi connectivity index (χ1v) is 21.2. The van der Waals surface area contributed by atoms with E-state index in [4.69, 9.17) is 4.74 Å². The molecule has 62 heavy (non-hydrogen) atoms. The predicted octanol–water partition coefficient (Wildman–Crippen LogP) is 17.1. The lowest BCUT2D eigenvalue weighted by Crippen LogP contribution is -2.11. The summed E-state index contributed by atoms with van der Waals surface area (Å²) in [4.78, 5) is 2.43. The molecular weight excluding hydrogens is 751 g/mol. The summed E-state index contributed by atoms with van der Waals surface area (Å²) >= 11 is 0. The Balaban J connectivity index is 1.05. The molecule has 0 unspecified atom stereocenters. The number of ether oxygens (including phenoxy) is 1. The quantitative estimate of drug-likeness (QED) is 0.159. The summed E-state index contributed by atoms with van der Waals surface area (Å²) in [5.41, 5.74) is 15.0. The van der Waals surface area contributed by atoms with Crippen molar-refractivity contribution < 1.29 is 4.74 Å². The van der Waals surface area contributed by atoms with Crippen molar-refractivity contribution in [3.63, 3.8) is 0 Å². The van der Waals surface area contributed by atoms with Gasteiger partial charge in [0, 0.05) is 27.9 Å². The molecular formula is C60H39NO. The third-order valence-corrected chi connectivity index (χ3v) is 12.4. The molecule has 0 N–H and O–H groups in total. The average molecular weight is 790 g/mol. The largest absolute Gasteiger partial charge is 0.456 e. The van der Waals surface area contributed by atoms with Gasteiger partial charge in [0.25, 0.3) is 0 Å². The van der Waals surface area contributed by atoms with Gasteiger partial charge in [0.1, 0.15) is 11.5 Å². The molecule has 0 spiro atoms. The summed E-state index contributed by atoms with van der Waals surface area (Å²) < 4.78 is 6.40. The lowest BCUT2D eigenvalue weighted by Gasteiger charge is -2.29. The van der Waals surface area contributed by atoms with Crippen LogP contribution >= 0.6 is 0 Å². The maximum absolute atomic E-state index is 6.40. The minimum Gasteiger partial charge on any atom is -0.456 e. The van der Waals surface area contributed by atoms with Crippen molar-refractivity contribution in [2.75, 3.05) is 4.90 Å². The number of hydrogen-bond acceptors (Lipinski definition) is 2. The molecule has 2 heteroatoms. The number of benzene rings is 11. The van der Waals surface area contributed by atoms with E-state index >= 15 is 0 Å². The molecule has 1 aliphatic heterocycles. The van der Waals surface area contributed by atoms with Crippen LogP contribution in [0.15, 0.2) is 237 Å². The van der Waals surface area contributed by atoms with Crippen LogP contribution in [0.25, 0.3) is 88.0 Å². The molecule has 0 saturated heterocycles. The first kappa shape index (κ1) is 35.7. The maximum atomic E-state index is 6.40. The van der Waals surface area contributed by atoms with Gasteiger partial charge in [0.2, 0.25) is 0 Å². The molecule has 2 nitrogen and oxygen atoms in total. The third-order valence-electron chi connectivity index (χ3n) is 12.4. The zero-order chi connectivity index (χ0) is 41.0. The Morgan fingerprint density at radius 1 is 0.258 bits per heavy atom. The van der Waals surface area contributed by atoms with Crippen LogP contribution in [0.3, 0.4) is 0 Å². The Kier molecular flexibility index (Phi) is 8.53. The van der Waals surface area contributed by atoms with Gasteiger partial charge in [-0.15, -0.1) is 0 Å². The first-order valence-electron chi connectivity index (χ1n) is 21.2. The van der Waals surface area contributed by atoms with Crippen LogP contribution in [-0.2, 0) is 0 Å². The normalized spacial score (nSPS) is 11.7. The summed E-state index contributed by atoms with van der Waals surface area (Å²) in [5.74, 6) is 1.78. The molecule has 0 radical (unpaired) electrons. The number of para-hydroxylation sites is 2. The van der Waals surface area contributed by atoms with Crippen molar-refractivity contribution >= 4 is 49.4 Å². The van der Waals surface area contributed by atoms with Crippen LogP contribution in [0.4, 0.5) is 17.1 Å². The second kappa shape index (κ2) is 14.8. The highest BCUT2D eigenvalue weighted by atomic mass is 16.5. The molecule has 12 rings (SSSR count). The van der Waals surface area contributed by atoms with Crippen molar-refractivity contribution in [1.82, 2.24) is 0 Å². The zero-order valence-corrected chi connectivity index (χ0v) is 33.9. The predicted molar refractivity (Wildman–Crippen MR) is 261 cm³/mol. The summed E-state index contributed by atoms with van der Waals surface area (Å²) in [6.07, 6.45) is 0. The summed E-state index contributed by atoms with van der Waals surface area (Å²) in [6, 6.07) is 85.7. The Labute approximate surface area is 361 Å². The van der Waals surface area contributed by atoms with Gasteiger partial charge in [-0.3, -0.25) is 0 Å². The minimum atomic E-state index is 0.886. The molecule has 0 fully saturated rings. The van der Waals surface area contributed by atoms with E-state index in [0.717, 1.165) is 61.6 Å². The van der Waals surface area contributed by atoms with Crippen LogP contribution in [0.5, 0.6) is 11.5 Å². The molecule has 1 heterocycles. The molecule has 0 amide bonds. The molecule has 11 aromatic carbocycles. The van der Waals surface area contributed by atoms with Crippen LogP contribution in [-0.4, -0.2) is 0 Å². The fraction of sp³-hybridized carbons (Fsp3) is 0. The molecule has 0 saturated carbocycles. The van der Waals surface area contributed by atoms with Gasteiger partial charge >= 0.3 is 0 Å². The first-order chi connectivity index (χ1) is 30.7. The van der Waals surface area contributed by atoms with Crippen molar-refractivity contribution in [3.8, 4) is 67.1 Å². The standard InChI is InChI=1S/C60H39NO/c1-2-15-42(16-3-1)51-25-11-18-43-19-12-26-54(59(43)51)52-23-6-8-27-56(52)61(49-34-32-41(33-35-49)46-31-30-40-14-4-5-17-44(40)36-46)50-22-10-20-45(38-50)48-37-47-21-13-29-58-60(47)55(39-48)53-24-7-9-28-57(53)62-58/h1-39H. The van der Waals surface area contributed by atoms with Gasteiger partial charge in [-0.1, -0.05) is 176 Å². The molecule has 0 aromatic heterocycles. The van der Waals surface area contributed by atoms with Gasteiger partial charge < -0.3 is 9.64 Å². The van der Waals surface area contributed by atoms with Crippen LogP contribution in [0.2, 0.25) is 0 Å². The van der Waals surface area contributed by atoms with Crippen LogP contribution in [0.1, 0.15) is 0 Å².